The molecule has 0 aromatic heterocycles. The van der Waals surface area contributed by atoms with E-state index in [1.165, 1.54) is 7.11 Å². The topological polar surface area (TPSA) is 124 Å². The van der Waals surface area contributed by atoms with E-state index in [1.807, 2.05) is 0 Å². The summed E-state index contributed by atoms with van der Waals surface area (Å²) in [4.78, 5) is 28.1. The molecule has 2 N–H and O–H groups in total. The molecule has 0 radical (unpaired) electrons. The minimum atomic E-state index is -0.737. The number of hydrogen-bond acceptors (Lipinski definition) is 10. The van der Waals surface area contributed by atoms with E-state index in [9.17, 15) is 19.8 Å². The molecule has 1 aliphatic carbocycles. The number of carbonyl (C=O) groups is 2. The second kappa shape index (κ2) is 11.4. The number of aliphatic hydroxyl groups is 2. The van der Waals surface area contributed by atoms with Crippen LogP contribution in [-0.4, -0.2) is 97.5 Å². The Kier molecular flexibility index (Phi) is 8.47. The number of fused-ring (bicyclic) bond motifs is 1. The Morgan fingerprint density at radius 1 is 1.24 bits per heavy atom. The van der Waals surface area contributed by atoms with Gasteiger partial charge in [0.15, 0.2) is 24.1 Å². The summed E-state index contributed by atoms with van der Waals surface area (Å²) in [6, 6.07) is 4.57. The zero-order chi connectivity index (χ0) is 26.9. The van der Waals surface area contributed by atoms with Crippen molar-refractivity contribution < 1.29 is 43.5 Å². The van der Waals surface area contributed by atoms with E-state index in [0.717, 1.165) is 0 Å². The third-order valence-electron chi connectivity index (χ3n) is 7.29. The molecule has 0 saturated carbocycles. The van der Waals surface area contributed by atoms with Gasteiger partial charge in [0.25, 0.3) is 0 Å². The molecule has 1 aromatic rings. The fourth-order valence-corrected chi connectivity index (χ4v) is 5.10. The number of methoxy groups -OCH3 is 2. The minimum Gasteiger partial charge on any atom is -0.507 e. The van der Waals surface area contributed by atoms with Crippen LogP contribution in [0.5, 0.6) is 5.75 Å². The van der Waals surface area contributed by atoms with Gasteiger partial charge in [-0.05, 0) is 19.9 Å². The molecule has 6 atom stereocenters. The average molecular weight is 518 g/mol. The van der Waals surface area contributed by atoms with Crippen molar-refractivity contribution in [1.29, 1.82) is 0 Å². The second-order valence-corrected chi connectivity index (χ2v) is 9.54. The largest absolute Gasteiger partial charge is 0.507 e. The summed E-state index contributed by atoms with van der Waals surface area (Å²) in [6.45, 7) is 9.03. The highest BCUT2D eigenvalue weighted by Crippen LogP contribution is 2.35. The molecule has 1 unspecified atom stereocenters. The standard InChI is InChI=1S/C27H35NO9/c1-14(25(30)18-11-20(29)17-7-6-8-21(33-4)24(17)27(18)32)15(2)36-22-12-19(26(31)16(3)37-22)28-9-10-35-23(13-28)34-5/h6-8,15-16,19,22-23,26,30-31H,1,9-13H2,2-5H3/b25-18-/t15-,16-,19-,22?,23-,26+/m0/s1. The van der Waals surface area contributed by atoms with Crippen LogP contribution in [0.2, 0.25) is 0 Å². The molecule has 202 valence electrons. The van der Waals surface area contributed by atoms with Crippen LogP contribution in [-0.2, 0) is 18.9 Å². The van der Waals surface area contributed by atoms with E-state index in [1.54, 1.807) is 39.2 Å². The van der Waals surface area contributed by atoms with Crippen LogP contribution in [0.3, 0.4) is 0 Å². The van der Waals surface area contributed by atoms with Crippen molar-refractivity contribution in [2.75, 3.05) is 33.9 Å². The van der Waals surface area contributed by atoms with Gasteiger partial charge in [-0.3, -0.25) is 14.5 Å². The number of morpholine rings is 1. The number of ether oxygens (including phenoxy) is 5. The molecule has 1 aromatic carbocycles. The number of rotatable bonds is 7. The lowest BCUT2D eigenvalue weighted by Crippen LogP contribution is -2.59. The van der Waals surface area contributed by atoms with Gasteiger partial charge in [-0.1, -0.05) is 18.7 Å². The SMILES string of the molecule is C=C(/C(O)=C1\CC(=O)c2cccc(OC)c2C1=O)[C@H](C)OC1C[C@H](N2CCO[C@H](OC)C2)[C@H](O)[C@H](C)O1. The Morgan fingerprint density at radius 2 is 2.00 bits per heavy atom. The summed E-state index contributed by atoms with van der Waals surface area (Å²) in [5.41, 5.74) is 0.501. The maximum absolute atomic E-state index is 13.2. The van der Waals surface area contributed by atoms with E-state index < -0.39 is 30.4 Å². The number of aliphatic hydroxyl groups excluding tert-OH is 2. The van der Waals surface area contributed by atoms with Gasteiger partial charge in [-0.2, -0.15) is 0 Å². The molecule has 37 heavy (non-hydrogen) atoms. The molecule has 2 fully saturated rings. The number of hydrogen-bond donors (Lipinski definition) is 2. The average Bonchev–Trinajstić information content (AvgIpc) is 2.91. The maximum atomic E-state index is 13.2. The number of ketones is 2. The lowest BCUT2D eigenvalue weighted by atomic mass is 9.83. The predicted molar refractivity (Wildman–Crippen MR) is 133 cm³/mol. The highest BCUT2D eigenvalue weighted by atomic mass is 16.7. The summed E-state index contributed by atoms with van der Waals surface area (Å²) in [5.74, 6) is -0.885. The van der Waals surface area contributed by atoms with Gasteiger partial charge < -0.3 is 33.9 Å². The van der Waals surface area contributed by atoms with Crippen LogP contribution < -0.4 is 4.74 Å². The lowest BCUT2D eigenvalue weighted by molar-refractivity contribution is -0.255. The van der Waals surface area contributed by atoms with Crippen molar-refractivity contribution in [3.05, 3.63) is 52.8 Å². The van der Waals surface area contributed by atoms with Crippen molar-refractivity contribution in [1.82, 2.24) is 4.90 Å². The fraction of sp³-hybridized carbons (Fsp3) is 0.556. The first kappa shape index (κ1) is 27.4. The second-order valence-electron chi connectivity index (χ2n) is 9.54. The molecule has 3 aliphatic rings. The molecule has 2 saturated heterocycles. The quantitative estimate of drug-likeness (QED) is 0.412. The lowest BCUT2D eigenvalue weighted by Gasteiger charge is -2.46. The van der Waals surface area contributed by atoms with Crippen LogP contribution in [0.4, 0.5) is 0 Å². The van der Waals surface area contributed by atoms with Gasteiger partial charge in [-0.15, -0.1) is 0 Å². The van der Waals surface area contributed by atoms with E-state index in [0.29, 0.717) is 26.1 Å². The first-order chi connectivity index (χ1) is 17.7. The van der Waals surface area contributed by atoms with Gasteiger partial charge in [-0.25, -0.2) is 0 Å². The zero-order valence-corrected chi connectivity index (χ0v) is 21.6. The molecular formula is C27H35NO9. The molecule has 0 bridgehead atoms. The van der Waals surface area contributed by atoms with Crippen LogP contribution in [0.1, 0.15) is 47.4 Å². The number of Topliss-reactive ketones (excluding diaryl/α,β-unsaturated/α-hetero) is 2. The van der Waals surface area contributed by atoms with Gasteiger partial charge in [0, 0.05) is 50.2 Å². The van der Waals surface area contributed by atoms with Crippen LogP contribution in [0, 0.1) is 0 Å². The summed E-state index contributed by atoms with van der Waals surface area (Å²) >= 11 is 0. The first-order valence-electron chi connectivity index (χ1n) is 12.4. The maximum Gasteiger partial charge on any atom is 0.197 e. The highest BCUT2D eigenvalue weighted by molar-refractivity contribution is 6.24. The van der Waals surface area contributed by atoms with Crippen molar-refractivity contribution >= 4 is 11.6 Å². The summed E-state index contributed by atoms with van der Waals surface area (Å²) in [5, 5.41) is 21.8. The van der Waals surface area contributed by atoms with Crippen LogP contribution in [0.25, 0.3) is 0 Å². The Hall–Kier alpha value is -2.60. The Balaban J connectivity index is 1.49. The summed E-state index contributed by atoms with van der Waals surface area (Å²) in [7, 11) is 3.00. The van der Waals surface area contributed by atoms with E-state index in [-0.39, 0.29) is 58.3 Å². The summed E-state index contributed by atoms with van der Waals surface area (Å²) < 4.78 is 28.2. The van der Waals surface area contributed by atoms with E-state index >= 15 is 0 Å². The number of nitrogens with zero attached hydrogens (tertiary/aromatic N) is 1. The molecule has 2 aliphatic heterocycles. The van der Waals surface area contributed by atoms with Gasteiger partial charge in [0.05, 0.1) is 43.2 Å². The minimum absolute atomic E-state index is 0.0485. The van der Waals surface area contributed by atoms with E-state index in [2.05, 4.69) is 11.5 Å². The van der Waals surface area contributed by atoms with Crippen molar-refractivity contribution in [3.63, 3.8) is 0 Å². The van der Waals surface area contributed by atoms with Gasteiger partial charge in [0.2, 0.25) is 0 Å². The van der Waals surface area contributed by atoms with Crippen LogP contribution in [0.15, 0.2) is 41.7 Å². The Labute approximate surface area is 216 Å². The summed E-state index contributed by atoms with van der Waals surface area (Å²) in [6.07, 6.45) is -2.91. The first-order valence-corrected chi connectivity index (χ1v) is 12.4. The molecule has 2 heterocycles. The van der Waals surface area contributed by atoms with Crippen molar-refractivity contribution in [3.8, 4) is 5.75 Å². The number of allylic oxidation sites excluding steroid dienone is 1. The predicted octanol–water partition coefficient (Wildman–Crippen LogP) is 2.41. The molecule has 10 nitrogen and oxygen atoms in total. The molecule has 0 spiro atoms. The Bertz CT molecular complexity index is 1080. The van der Waals surface area contributed by atoms with Gasteiger partial charge >= 0.3 is 0 Å². The monoisotopic (exact) mass is 517 g/mol. The smallest absolute Gasteiger partial charge is 0.197 e. The normalized spacial score (nSPS) is 31.0. The van der Waals surface area contributed by atoms with Crippen molar-refractivity contribution in [2.45, 2.75) is 63.6 Å². The fourth-order valence-electron chi connectivity index (χ4n) is 5.10. The third kappa shape index (κ3) is 5.50. The highest BCUT2D eigenvalue weighted by Gasteiger charge is 2.41. The third-order valence-corrected chi connectivity index (χ3v) is 7.29. The van der Waals surface area contributed by atoms with Gasteiger partial charge in [0.1, 0.15) is 11.5 Å². The number of carbonyl (C=O) groups excluding carboxylic acids is 2. The molecule has 10 heteroatoms. The molecule has 0 amide bonds. The van der Waals surface area contributed by atoms with Crippen LogP contribution >= 0.6 is 0 Å². The Morgan fingerprint density at radius 3 is 2.70 bits per heavy atom. The molecular weight excluding hydrogens is 482 g/mol. The molecule has 4 rings (SSSR count). The number of benzene rings is 1. The zero-order valence-electron chi connectivity index (χ0n) is 21.6. The van der Waals surface area contributed by atoms with E-state index in [4.69, 9.17) is 23.7 Å². The van der Waals surface area contributed by atoms with Crippen molar-refractivity contribution in [2.24, 2.45) is 0 Å².